The largest absolute Gasteiger partial charge is 0.495 e. The van der Waals surface area contributed by atoms with E-state index in [1.807, 2.05) is 48.7 Å². The van der Waals surface area contributed by atoms with E-state index in [4.69, 9.17) is 9.47 Å². The molecule has 188 valence electrons. The SMILES string of the molecule is COc1ccc(C[C@]23Cc4cnn(-c5ccc(F)cc5)c4C=C2CCN(C(=O)OC(C)(C)C)C3)nc1. The van der Waals surface area contributed by atoms with Crippen LogP contribution in [0.1, 0.15) is 44.1 Å². The van der Waals surface area contributed by atoms with E-state index >= 15 is 0 Å². The maximum Gasteiger partial charge on any atom is 0.410 e. The quantitative estimate of drug-likeness (QED) is 0.501. The predicted octanol–water partition coefficient (Wildman–Crippen LogP) is 5.22. The number of hydrogen-bond acceptors (Lipinski definition) is 5. The van der Waals surface area contributed by atoms with Crippen LogP contribution in [0.4, 0.5) is 9.18 Å². The standard InChI is InChI=1S/C28H31FN4O3/c1-27(2,3)36-26(34)32-12-11-20-13-25-19(16-31-33(25)23-8-5-21(29)6-9-23)14-28(20,18-32)15-22-7-10-24(35-4)17-30-22/h5-10,13,16-17H,11-12,14-15,18H2,1-4H3/t28-/m0/s1. The van der Waals surface area contributed by atoms with E-state index in [-0.39, 0.29) is 17.3 Å². The zero-order chi connectivity index (χ0) is 25.5. The summed E-state index contributed by atoms with van der Waals surface area (Å²) in [6.45, 7) is 6.76. The van der Waals surface area contributed by atoms with Crippen LogP contribution in [0.3, 0.4) is 0 Å². The Labute approximate surface area is 210 Å². The average molecular weight is 491 g/mol. The highest BCUT2D eigenvalue weighted by molar-refractivity contribution is 5.70. The van der Waals surface area contributed by atoms with E-state index in [2.05, 4.69) is 16.2 Å². The molecule has 0 saturated carbocycles. The number of pyridine rings is 1. The molecule has 1 saturated heterocycles. The fraction of sp³-hybridized carbons (Fsp3) is 0.393. The lowest BCUT2D eigenvalue weighted by Gasteiger charge is -2.46. The fourth-order valence-corrected chi connectivity index (χ4v) is 5.16. The molecule has 0 bridgehead atoms. The lowest BCUT2D eigenvalue weighted by Crippen LogP contribution is -2.51. The van der Waals surface area contributed by atoms with Crippen molar-refractivity contribution in [3.8, 4) is 11.4 Å². The van der Waals surface area contributed by atoms with Gasteiger partial charge in [0.25, 0.3) is 0 Å². The van der Waals surface area contributed by atoms with Crippen LogP contribution in [0, 0.1) is 11.2 Å². The van der Waals surface area contributed by atoms with Gasteiger partial charge in [0.2, 0.25) is 0 Å². The Balaban J connectivity index is 1.51. The van der Waals surface area contributed by atoms with E-state index in [9.17, 15) is 9.18 Å². The Morgan fingerprint density at radius 3 is 2.58 bits per heavy atom. The molecule has 1 aliphatic carbocycles. The van der Waals surface area contributed by atoms with Gasteiger partial charge >= 0.3 is 6.09 Å². The summed E-state index contributed by atoms with van der Waals surface area (Å²) < 4.78 is 26.4. The lowest BCUT2D eigenvalue weighted by molar-refractivity contribution is 0.0127. The smallest absolute Gasteiger partial charge is 0.410 e. The van der Waals surface area contributed by atoms with E-state index in [1.165, 1.54) is 17.7 Å². The number of aromatic nitrogens is 3. The number of carbonyl (C=O) groups is 1. The minimum Gasteiger partial charge on any atom is -0.495 e. The van der Waals surface area contributed by atoms with Gasteiger partial charge in [-0.15, -0.1) is 0 Å². The molecular weight excluding hydrogens is 459 g/mol. The van der Waals surface area contributed by atoms with Gasteiger partial charge < -0.3 is 14.4 Å². The minimum absolute atomic E-state index is 0.279. The van der Waals surface area contributed by atoms with Gasteiger partial charge in [0, 0.05) is 30.6 Å². The van der Waals surface area contributed by atoms with E-state index in [0.29, 0.717) is 31.7 Å². The van der Waals surface area contributed by atoms with Crippen molar-refractivity contribution in [2.45, 2.75) is 45.6 Å². The van der Waals surface area contributed by atoms with Crippen molar-refractivity contribution < 1.29 is 18.7 Å². The van der Waals surface area contributed by atoms with Crippen molar-refractivity contribution in [1.29, 1.82) is 0 Å². The number of benzene rings is 1. The summed E-state index contributed by atoms with van der Waals surface area (Å²) in [6.07, 6.45) is 7.61. The van der Waals surface area contributed by atoms with Gasteiger partial charge in [0.1, 0.15) is 17.2 Å². The molecule has 1 amide bonds. The van der Waals surface area contributed by atoms with Crippen LogP contribution in [0.25, 0.3) is 11.8 Å². The fourth-order valence-electron chi connectivity index (χ4n) is 5.16. The van der Waals surface area contributed by atoms with Crippen molar-refractivity contribution in [3.05, 3.63) is 77.1 Å². The first kappa shape index (κ1) is 24.0. The highest BCUT2D eigenvalue weighted by Gasteiger charge is 2.45. The van der Waals surface area contributed by atoms with Crippen LogP contribution in [0.15, 0.2) is 54.4 Å². The number of nitrogens with zero attached hydrogens (tertiary/aromatic N) is 4. The number of rotatable bonds is 4. The maximum absolute atomic E-state index is 13.5. The number of amides is 1. The maximum atomic E-state index is 13.5. The van der Waals surface area contributed by atoms with Crippen LogP contribution in [-0.4, -0.2) is 51.6 Å². The number of piperidine rings is 1. The van der Waals surface area contributed by atoms with Gasteiger partial charge in [0.05, 0.1) is 30.9 Å². The molecule has 1 aliphatic heterocycles. The Bertz CT molecular complexity index is 1290. The monoisotopic (exact) mass is 490 g/mol. The van der Waals surface area contributed by atoms with Gasteiger partial charge in [-0.2, -0.15) is 5.10 Å². The average Bonchev–Trinajstić information content (AvgIpc) is 3.24. The molecule has 1 atom stereocenters. The number of fused-ring (bicyclic) bond motifs is 2. The number of carbonyl (C=O) groups excluding carboxylic acids is 1. The molecule has 0 spiro atoms. The van der Waals surface area contributed by atoms with Crippen molar-refractivity contribution in [3.63, 3.8) is 0 Å². The third-order valence-electron chi connectivity index (χ3n) is 6.83. The topological polar surface area (TPSA) is 69.5 Å². The zero-order valence-electron chi connectivity index (χ0n) is 21.1. The molecule has 7 nitrogen and oxygen atoms in total. The Morgan fingerprint density at radius 1 is 1.14 bits per heavy atom. The Kier molecular flexibility index (Phi) is 6.06. The predicted molar refractivity (Wildman–Crippen MR) is 135 cm³/mol. The summed E-state index contributed by atoms with van der Waals surface area (Å²) in [5.41, 5.74) is 4.20. The van der Waals surface area contributed by atoms with Crippen LogP contribution < -0.4 is 4.74 Å². The summed E-state index contributed by atoms with van der Waals surface area (Å²) >= 11 is 0. The summed E-state index contributed by atoms with van der Waals surface area (Å²) in [7, 11) is 1.62. The van der Waals surface area contributed by atoms with Crippen LogP contribution in [-0.2, 0) is 17.6 Å². The van der Waals surface area contributed by atoms with Gasteiger partial charge in [-0.1, -0.05) is 5.57 Å². The summed E-state index contributed by atoms with van der Waals surface area (Å²) in [5.74, 6) is 0.427. The second-order valence-electron chi connectivity index (χ2n) is 10.6. The Hall–Kier alpha value is -3.68. The molecule has 8 heteroatoms. The normalized spacial score (nSPS) is 19.2. The summed E-state index contributed by atoms with van der Waals surface area (Å²) in [4.78, 5) is 19.5. The number of ether oxygens (including phenoxy) is 2. The third kappa shape index (κ3) is 4.72. The van der Waals surface area contributed by atoms with E-state index in [0.717, 1.165) is 29.1 Å². The number of halogens is 1. The lowest BCUT2D eigenvalue weighted by atomic mass is 9.66. The molecule has 36 heavy (non-hydrogen) atoms. The second-order valence-corrected chi connectivity index (χ2v) is 10.6. The minimum atomic E-state index is -0.562. The summed E-state index contributed by atoms with van der Waals surface area (Å²) in [5, 5.41) is 4.63. The van der Waals surface area contributed by atoms with Crippen LogP contribution in [0.5, 0.6) is 5.75 Å². The molecule has 3 aromatic rings. The molecule has 3 heterocycles. The molecule has 0 radical (unpaired) electrons. The van der Waals surface area contributed by atoms with Crippen molar-refractivity contribution >= 4 is 12.2 Å². The number of hydrogen-bond donors (Lipinski definition) is 0. The van der Waals surface area contributed by atoms with Crippen molar-refractivity contribution in [2.75, 3.05) is 20.2 Å². The van der Waals surface area contributed by atoms with E-state index in [1.54, 1.807) is 25.4 Å². The number of likely N-dealkylation sites (tertiary alicyclic amines) is 1. The van der Waals surface area contributed by atoms with Gasteiger partial charge in [-0.25, -0.2) is 13.9 Å². The molecule has 2 aliphatic rings. The first-order chi connectivity index (χ1) is 17.2. The van der Waals surface area contributed by atoms with Crippen molar-refractivity contribution in [2.24, 2.45) is 5.41 Å². The third-order valence-corrected chi connectivity index (χ3v) is 6.83. The zero-order valence-corrected chi connectivity index (χ0v) is 21.1. The van der Waals surface area contributed by atoms with Crippen molar-refractivity contribution in [1.82, 2.24) is 19.7 Å². The number of methoxy groups -OCH3 is 1. The van der Waals surface area contributed by atoms with Gasteiger partial charge in [0.15, 0.2) is 0 Å². The first-order valence-corrected chi connectivity index (χ1v) is 12.2. The highest BCUT2D eigenvalue weighted by Crippen LogP contribution is 2.46. The molecule has 5 rings (SSSR count). The van der Waals surface area contributed by atoms with Crippen LogP contribution in [0.2, 0.25) is 0 Å². The van der Waals surface area contributed by atoms with E-state index < -0.39 is 5.60 Å². The molecule has 1 fully saturated rings. The molecule has 0 unspecified atom stereocenters. The second kappa shape index (κ2) is 9.08. The highest BCUT2D eigenvalue weighted by atomic mass is 19.1. The first-order valence-electron chi connectivity index (χ1n) is 12.2. The molecular formula is C28H31FN4O3. The van der Waals surface area contributed by atoms with Crippen LogP contribution >= 0.6 is 0 Å². The van der Waals surface area contributed by atoms with Gasteiger partial charge in [-0.05, 0) is 81.7 Å². The molecule has 1 aromatic carbocycles. The molecule has 2 aromatic heterocycles. The summed E-state index contributed by atoms with van der Waals surface area (Å²) in [6, 6.07) is 10.2. The van der Waals surface area contributed by atoms with Gasteiger partial charge in [-0.3, -0.25) is 4.98 Å². The Morgan fingerprint density at radius 2 is 1.92 bits per heavy atom. The molecule has 0 N–H and O–H groups in total.